The molecule has 0 aromatic heterocycles. The number of rotatable bonds is 5. The summed E-state index contributed by atoms with van der Waals surface area (Å²) in [7, 11) is 3.56. The first-order chi connectivity index (χ1) is 10.0. The number of benzene rings is 2. The van der Waals surface area contributed by atoms with E-state index in [1.54, 1.807) is 7.11 Å². The van der Waals surface area contributed by atoms with Crippen LogP contribution in [0.25, 0.3) is 0 Å². The highest BCUT2D eigenvalue weighted by Gasteiger charge is 2.14. The summed E-state index contributed by atoms with van der Waals surface area (Å²) in [6.45, 7) is 0. The van der Waals surface area contributed by atoms with Crippen molar-refractivity contribution in [1.29, 1.82) is 0 Å². The van der Waals surface area contributed by atoms with Crippen molar-refractivity contribution in [3.8, 4) is 5.75 Å². The van der Waals surface area contributed by atoms with Gasteiger partial charge in [0, 0.05) is 10.5 Å². The van der Waals surface area contributed by atoms with Crippen LogP contribution in [0.5, 0.6) is 5.75 Å². The molecule has 0 spiro atoms. The SMILES string of the molecule is CNC(Cc1ccc(F)cc1Br)c1ccc(OC)c(Br)c1. The van der Waals surface area contributed by atoms with E-state index in [9.17, 15) is 4.39 Å². The number of hydrogen-bond acceptors (Lipinski definition) is 2. The Labute approximate surface area is 141 Å². The Bertz CT molecular complexity index is 634. The lowest BCUT2D eigenvalue weighted by atomic mass is 9.99. The molecule has 0 heterocycles. The molecule has 0 aliphatic rings. The Morgan fingerprint density at radius 1 is 1.14 bits per heavy atom. The van der Waals surface area contributed by atoms with Crippen LogP contribution in [-0.2, 0) is 6.42 Å². The van der Waals surface area contributed by atoms with Crippen molar-refractivity contribution in [1.82, 2.24) is 5.32 Å². The molecule has 0 aliphatic carbocycles. The predicted octanol–water partition coefficient (Wildman–Crippen LogP) is 4.86. The van der Waals surface area contributed by atoms with E-state index in [-0.39, 0.29) is 11.9 Å². The molecule has 1 atom stereocenters. The van der Waals surface area contributed by atoms with Crippen molar-refractivity contribution in [2.24, 2.45) is 0 Å². The van der Waals surface area contributed by atoms with Gasteiger partial charge in [-0.3, -0.25) is 0 Å². The van der Waals surface area contributed by atoms with Crippen molar-refractivity contribution in [2.45, 2.75) is 12.5 Å². The molecule has 0 amide bonds. The number of halogens is 3. The van der Waals surface area contributed by atoms with E-state index in [1.807, 2.05) is 31.3 Å². The second kappa shape index (κ2) is 7.38. The Morgan fingerprint density at radius 2 is 1.90 bits per heavy atom. The van der Waals surface area contributed by atoms with Crippen LogP contribution in [0.4, 0.5) is 4.39 Å². The van der Waals surface area contributed by atoms with E-state index in [2.05, 4.69) is 37.2 Å². The average molecular weight is 417 g/mol. The number of ether oxygens (including phenoxy) is 1. The van der Waals surface area contributed by atoms with Gasteiger partial charge in [0.1, 0.15) is 11.6 Å². The number of hydrogen-bond donors (Lipinski definition) is 1. The zero-order valence-electron chi connectivity index (χ0n) is 11.8. The summed E-state index contributed by atoms with van der Waals surface area (Å²) in [5, 5.41) is 3.30. The molecule has 0 aliphatic heterocycles. The van der Waals surface area contributed by atoms with Crippen molar-refractivity contribution in [2.75, 3.05) is 14.2 Å². The van der Waals surface area contributed by atoms with Crippen molar-refractivity contribution in [3.63, 3.8) is 0 Å². The molecule has 5 heteroatoms. The third-order valence-electron chi connectivity index (χ3n) is 3.37. The van der Waals surface area contributed by atoms with Crippen LogP contribution in [0, 0.1) is 5.82 Å². The molecule has 112 valence electrons. The minimum atomic E-state index is -0.237. The number of likely N-dealkylation sites (N-methyl/N-ethyl adjacent to an activating group) is 1. The normalized spacial score (nSPS) is 12.2. The summed E-state index contributed by atoms with van der Waals surface area (Å²) in [4.78, 5) is 0. The van der Waals surface area contributed by atoms with Crippen LogP contribution in [0.2, 0.25) is 0 Å². The van der Waals surface area contributed by atoms with Crippen molar-refractivity contribution < 1.29 is 9.13 Å². The molecule has 0 fully saturated rings. The molecule has 1 N–H and O–H groups in total. The summed E-state index contributed by atoms with van der Waals surface area (Å²) in [5.41, 5.74) is 2.20. The van der Waals surface area contributed by atoms with E-state index in [4.69, 9.17) is 4.74 Å². The predicted molar refractivity (Wildman–Crippen MR) is 90.3 cm³/mol. The lowest BCUT2D eigenvalue weighted by Gasteiger charge is -2.18. The maximum atomic E-state index is 13.2. The largest absolute Gasteiger partial charge is 0.496 e. The van der Waals surface area contributed by atoms with Gasteiger partial charge in [0.15, 0.2) is 0 Å². The summed E-state index contributed by atoms with van der Waals surface area (Å²) in [6, 6.07) is 10.9. The standard InChI is InChI=1S/C16H16Br2FNO/c1-20-15(8-10-3-5-12(19)9-13(10)17)11-4-6-16(21-2)14(18)7-11/h3-7,9,15,20H,8H2,1-2H3. The van der Waals surface area contributed by atoms with Gasteiger partial charge in [-0.1, -0.05) is 28.1 Å². The van der Waals surface area contributed by atoms with Gasteiger partial charge in [-0.15, -0.1) is 0 Å². The third-order valence-corrected chi connectivity index (χ3v) is 4.72. The highest BCUT2D eigenvalue weighted by molar-refractivity contribution is 9.10. The molecule has 1 unspecified atom stereocenters. The second-order valence-corrected chi connectivity index (χ2v) is 6.38. The maximum absolute atomic E-state index is 13.2. The fourth-order valence-electron chi connectivity index (χ4n) is 2.19. The lowest BCUT2D eigenvalue weighted by Crippen LogP contribution is -2.19. The third kappa shape index (κ3) is 4.05. The molecular weight excluding hydrogens is 401 g/mol. The summed E-state index contributed by atoms with van der Waals surface area (Å²) < 4.78 is 20.1. The van der Waals surface area contributed by atoms with E-state index in [0.29, 0.717) is 0 Å². The van der Waals surface area contributed by atoms with Gasteiger partial charge < -0.3 is 10.1 Å². The highest BCUT2D eigenvalue weighted by Crippen LogP contribution is 2.30. The Hall–Kier alpha value is -0.910. The summed E-state index contributed by atoms with van der Waals surface area (Å²) in [6.07, 6.45) is 0.760. The van der Waals surface area contributed by atoms with Gasteiger partial charge in [0.2, 0.25) is 0 Å². The molecule has 2 nitrogen and oxygen atoms in total. The lowest BCUT2D eigenvalue weighted by molar-refractivity contribution is 0.411. The van der Waals surface area contributed by atoms with Crippen LogP contribution in [-0.4, -0.2) is 14.2 Å². The Kier molecular flexibility index (Phi) is 5.79. The zero-order chi connectivity index (χ0) is 15.4. The first kappa shape index (κ1) is 16.5. The van der Waals surface area contributed by atoms with Crippen LogP contribution in [0.15, 0.2) is 45.3 Å². The van der Waals surface area contributed by atoms with Crippen molar-refractivity contribution in [3.05, 3.63) is 62.3 Å². The van der Waals surface area contributed by atoms with Gasteiger partial charge in [-0.05, 0) is 64.8 Å². The number of methoxy groups -OCH3 is 1. The topological polar surface area (TPSA) is 21.3 Å². The minimum absolute atomic E-state index is 0.133. The molecule has 0 saturated carbocycles. The van der Waals surface area contributed by atoms with Gasteiger partial charge in [-0.25, -0.2) is 4.39 Å². The Balaban J connectivity index is 2.25. The summed E-state index contributed by atoms with van der Waals surface area (Å²) >= 11 is 6.92. The van der Waals surface area contributed by atoms with Crippen LogP contribution in [0.3, 0.4) is 0 Å². The van der Waals surface area contributed by atoms with Gasteiger partial charge >= 0.3 is 0 Å². The highest BCUT2D eigenvalue weighted by atomic mass is 79.9. The molecule has 0 saturated heterocycles. The van der Waals surface area contributed by atoms with Gasteiger partial charge in [0.05, 0.1) is 11.6 Å². The van der Waals surface area contributed by atoms with Crippen molar-refractivity contribution >= 4 is 31.9 Å². The Morgan fingerprint density at radius 3 is 2.48 bits per heavy atom. The molecule has 2 aromatic carbocycles. The first-order valence-electron chi connectivity index (χ1n) is 6.49. The zero-order valence-corrected chi connectivity index (χ0v) is 15.0. The van der Waals surface area contributed by atoms with Gasteiger partial charge in [0.25, 0.3) is 0 Å². The fourth-order valence-corrected chi connectivity index (χ4v) is 3.26. The second-order valence-electron chi connectivity index (χ2n) is 4.68. The van der Waals surface area contributed by atoms with Crippen LogP contribution >= 0.6 is 31.9 Å². The molecule has 21 heavy (non-hydrogen) atoms. The average Bonchev–Trinajstić information content (AvgIpc) is 2.46. The molecule has 2 aromatic rings. The van der Waals surface area contributed by atoms with E-state index >= 15 is 0 Å². The van der Waals surface area contributed by atoms with E-state index in [1.165, 1.54) is 12.1 Å². The van der Waals surface area contributed by atoms with E-state index < -0.39 is 0 Å². The molecule has 0 bridgehead atoms. The molecular formula is C16H16Br2FNO. The van der Waals surface area contributed by atoms with Crippen LogP contribution in [0.1, 0.15) is 17.2 Å². The summed E-state index contributed by atoms with van der Waals surface area (Å²) in [5.74, 6) is 0.565. The van der Waals surface area contributed by atoms with E-state index in [0.717, 1.165) is 32.2 Å². The molecule has 0 radical (unpaired) electrons. The first-order valence-corrected chi connectivity index (χ1v) is 8.08. The van der Waals surface area contributed by atoms with Crippen LogP contribution < -0.4 is 10.1 Å². The van der Waals surface area contributed by atoms with Gasteiger partial charge in [-0.2, -0.15) is 0 Å². The monoisotopic (exact) mass is 415 g/mol. The minimum Gasteiger partial charge on any atom is -0.496 e. The number of nitrogens with one attached hydrogen (secondary N) is 1. The smallest absolute Gasteiger partial charge is 0.133 e. The fraction of sp³-hybridized carbons (Fsp3) is 0.250. The quantitative estimate of drug-likeness (QED) is 0.751. The maximum Gasteiger partial charge on any atom is 0.133 e. The molecule has 2 rings (SSSR count).